The molecular formula is C15H21N3O2. The van der Waals surface area contributed by atoms with Gasteiger partial charge in [0.25, 0.3) is 5.88 Å². The molecule has 1 aliphatic carbocycles. The first-order chi connectivity index (χ1) is 9.81. The number of nitrogens with zero attached hydrogens (tertiary/aromatic N) is 3. The molecule has 0 spiro atoms. The van der Waals surface area contributed by atoms with Gasteiger partial charge in [0.05, 0.1) is 6.33 Å². The van der Waals surface area contributed by atoms with Gasteiger partial charge < -0.3 is 14.2 Å². The highest BCUT2D eigenvalue weighted by molar-refractivity contribution is 5.13. The summed E-state index contributed by atoms with van der Waals surface area (Å²) in [5.41, 5.74) is 0. The van der Waals surface area contributed by atoms with Crippen LogP contribution in [0.1, 0.15) is 50.2 Å². The van der Waals surface area contributed by atoms with E-state index in [1.165, 1.54) is 25.7 Å². The third kappa shape index (κ3) is 3.21. The molecule has 0 radical (unpaired) electrons. The number of imidazole rings is 1. The van der Waals surface area contributed by atoms with Gasteiger partial charge in [-0.05, 0) is 36.8 Å². The Morgan fingerprint density at radius 1 is 1.25 bits per heavy atom. The Bertz CT molecular complexity index is 511. The van der Waals surface area contributed by atoms with Crippen LogP contribution in [0.5, 0.6) is 5.88 Å². The van der Waals surface area contributed by atoms with Crippen LogP contribution in [-0.4, -0.2) is 19.8 Å². The van der Waals surface area contributed by atoms with Crippen molar-refractivity contribution in [3.8, 4) is 5.88 Å². The fraction of sp³-hybridized carbons (Fsp3) is 0.600. The largest absolute Gasteiger partial charge is 0.491 e. The molecule has 0 aromatic carbocycles. The molecule has 108 valence electrons. The van der Waals surface area contributed by atoms with Gasteiger partial charge in [0, 0.05) is 30.9 Å². The molecule has 0 saturated heterocycles. The normalized spacial score (nSPS) is 24.2. The second-order valence-electron chi connectivity index (χ2n) is 5.77. The Balaban J connectivity index is 1.54. The van der Waals surface area contributed by atoms with Crippen LogP contribution in [0.4, 0.5) is 0 Å². The zero-order valence-corrected chi connectivity index (χ0v) is 11.6. The van der Waals surface area contributed by atoms with Gasteiger partial charge in [-0.3, -0.25) is 0 Å². The van der Waals surface area contributed by atoms with Gasteiger partial charge in [0.2, 0.25) is 0 Å². The summed E-state index contributed by atoms with van der Waals surface area (Å²) in [5.74, 6) is 2.00. The maximum Gasteiger partial charge on any atom is 0.251 e. The van der Waals surface area contributed by atoms with Gasteiger partial charge in [0.15, 0.2) is 0 Å². The predicted molar refractivity (Wildman–Crippen MR) is 74.3 cm³/mol. The Labute approximate surface area is 118 Å². The topological polar surface area (TPSA) is 64.1 Å². The first-order valence-corrected chi connectivity index (χ1v) is 7.42. The average molecular weight is 275 g/mol. The minimum Gasteiger partial charge on any atom is -0.491 e. The summed E-state index contributed by atoms with van der Waals surface area (Å²) in [4.78, 5) is 4.10. The van der Waals surface area contributed by atoms with Crippen molar-refractivity contribution >= 4 is 0 Å². The third-order valence-corrected chi connectivity index (χ3v) is 4.28. The zero-order chi connectivity index (χ0) is 13.8. The SMILES string of the molecule is Oc1cc(C2CCCC(Cn3ccnc3)CCC2)on1. The fourth-order valence-electron chi connectivity index (χ4n) is 3.23. The summed E-state index contributed by atoms with van der Waals surface area (Å²) in [5, 5.41) is 12.9. The van der Waals surface area contributed by atoms with Gasteiger partial charge >= 0.3 is 0 Å². The molecule has 5 heteroatoms. The molecule has 3 rings (SSSR count). The summed E-state index contributed by atoms with van der Waals surface area (Å²) >= 11 is 0. The van der Waals surface area contributed by atoms with Gasteiger partial charge in [-0.15, -0.1) is 0 Å². The Kier molecular flexibility index (Phi) is 4.04. The van der Waals surface area contributed by atoms with Crippen LogP contribution in [0, 0.1) is 5.92 Å². The van der Waals surface area contributed by atoms with Crippen LogP contribution in [0.15, 0.2) is 29.3 Å². The van der Waals surface area contributed by atoms with E-state index < -0.39 is 0 Å². The van der Waals surface area contributed by atoms with Crippen molar-refractivity contribution in [2.45, 2.75) is 51.0 Å². The molecule has 2 aromatic rings. The molecule has 0 amide bonds. The van der Waals surface area contributed by atoms with Crippen molar-refractivity contribution in [2.75, 3.05) is 0 Å². The number of aromatic nitrogens is 3. The van der Waals surface area contributed by atoms with E-state index in [1.807, 2.05) is 18.7 Å². The Hall–Kier alpha value is -1.78. The van der Waals surface area contributed by atoms with Crippen LogP contribution in [-0.2, 0) is 6.54 Å². The van der Waals surface area contributed by atoms with Crippen LogP contribution < -0.4 is 0 Å². The summed E-state index contributed by atoms with van der Waals surface area (Å²) in [6.07, 6.45) is 12.9. The van der Waals surface area contributed by atoms with Crippen molar-refractivity contribution < 1.29 is 9.63 Å². The summed E-state index contributed by atoms with van der Waals surface area (Å²) < 4.78 is 7.38. The maximum absolute atomic E-state index is 9.28. The van der Waals surface area contributed by atoms with E-state index in [9.17, 15) is 5.11 Å². The van der Waals surface area contributed by atoms with E-state index in [0.29, 0.717) is 5.92 Å². The van der Waals surface area contributed by atoms with Crippen molar-refractivity contribution in [2.24, 2.45) is 5.92 Å². The lowest BCUT2D eigenvalue weighted by Gasteiger charge is -2.23. The lowest BCUT2D eigenvalue weighted by Crippen LogP contribution is -2.13. The monoisotopic (exact) mass is 275 g/mol. The van der Waals surface area contributed by atoms with Crippen molar-refractivity contribution in [3.05, 3.63) is 30.5 Å². The molecule has 0 bridgehead atoms. The highest BCUT2D eigenvalue weighted by Crippen LogP contribution is 2.34. The van der Waals surface area contributed by atoms with E-state index in [1.54, 1.807) is 6.07 Å². The summed E-state index contributed by atoms with van der Waals surface area (Å²) in [6.45, 7) is 1.08. The van der Waals surface area contributed by atoms with Crippen LogP contribution in [0.2, 0.25) is 0 Å². The maximum atomic E-state index is 9.28. The van der Waals surface area contributed by atoms with E-state index >= 15 is 0 Å². The quantitative estimate of drug-likeness (QED) is 0.933. The van der Waals surface area contributed by atoms with Gasteiger partial charge in [0.1, 0.15) is 5.76 Å². The van der Waals surface area contributed by atoms with Gasteiger partial charge in [-0.25, -0.2) is 4.98 Å². The highest BCUT2D eigenvalue weighted by atomic mass is 16.5. The molecule has 1 N–H and O–H groups in total. The average Bonchev–Trinajstić information content (AvgIpc) is 3.04. The lowest BCUT2D eigenvalue weighted by molar-refractivity contribution is 0.284. The second-order valence-corrected chi connectivity index (χ2v) is 5.77. The van der Waals surface area contributed by atoms with Gasteiger partial charge in [-0.1, -0.05) is 12.8 Å². The predicted octanol–water partition coefficient (Wildman–Crippen LogP) is 3.33. The summed E-state index contributed by atoms with van der Waals surface area (Å²) in [7, 11) is 0. The standard InChI is InChI=1S/C15H21N3O2/c19-15-9-14(20-17-15)13-5-1-3-12(4-2-6-13)10-18-8-7-16-11-18/h7-9,11-13H,1-6,10H2,(H,17,19). The third-order valence-electron chi connectivity index (χ3n) is 4.28. The van der Waals surface area contributed by atoms with E-state index in [4.69, 9.17) is 4.52 Å². The zero-order valence-electron chi connectivity index (χ0n) is 11.6. The minimum atomic E-state index is 0.0000405. The molecule has 1 aliphatic rings. The molecule has 0 aliphatic heterocycles. The van der Waals surface area contributed by atoms with E-state index in [0.717, 1.165) is 31.1 Å². The van der Waals surface area contributed by atoms with Crippen LogP contribution >= 0.6 is 0 Å². The van der Waals surface area contributed by atoms with Crippen LogP contribution in [0.25, 0.3) is 0 Å². The van der Waals surface area contributed by atoms with Crippen molar-refractivity contribution in [1.29, 1.82) is 0 Å². The molecule has 1 fully saturated rings. The van der Waals surface area contributed by atoms with E-state index in [-0.39, 0.29) is 5.88 Å². The molecule has 1 saturated carbocycles. The Morgan fingerprint density at radius 3 is 2.65 bits per heavy atom. The number of aromatic hydroxyl groups is 1. The molecule has 0 unspecified atom stereocenters. The van der Waals surface area contributed by atoms with Crippen molar-refractivity contribution in [3.63, 3.8) is 0 Å². The fourth-order valence-corrected chi connectivity index (χ4v) is 3.23. The summed E-state index contributed by atoms with van der Waals surface area (Å²) in [6, 6.07) is 1.66. The number of hydrogen-bond acceptors (Lipinski definition) is 4. The smallest absolute Gasteiger partial charge is 0.251 e. The van der Waals surface area contributed by atoms with E-state index in [2.05, 4.69) is 14.7 Å². The molecule has 5 nitrogen and oxygen atoms in total. The highest BCUT2D eigenvalue weighted by Gasteiger charge is 2.21. The minimum absolute atomic E-state index is 0.0000405. The molecule has 20 heavy (non-hydrogen) atoms. The van der Waals surface area contributed by atoms with Gasteiger partial charge in [-0.2, -0.15) is 0 Å². The molecule has 0 atom stereocenters. The first-order valence-electron chi connectivity index (χ1n) is 7.42. The first kappa shape index (κ1) is 13.2. The number of rotatable bonds is 3. The lowest BCUT2D eigenvalue weighted by atomic mass is 9.84. The number of hydrogen-bond donors (Lipinski definition) is 1. The van der Waals surface area contributed by atoms with Crippen LogP contribution in [0.3, 0.4) is 0 Å². The Morgan fingerprint density at radius 2 is 2.05 bits per heavy atom. The second kappa shape index (κ2) is 6.11. The molecule has 2 aromatic heterocycles. The molecule has 2 heterocycles. The molecular weight excluding hydrogens is 254 g/mol. The van der Waals surface area contributed by atoms with Crippen molar-refractivity contribution in [1.82, 2.24) is 14.7 Å².